The Morgan fingerprint density at radius 1 is 1.53 bits per heavy atom. The second kappa shape index (κ2) is 5.69. The van der Waals surface area contributed by atoms with Gasteiger partial charge in [-0.25, -0.2) is 4.39 Å². The van der Waals surface area contributed by atoms with Crippen LogP contribution in [0.15, 0.2) is 18.2 Å². The number of amides is 1. The SMILES string of the molecule is CCC(C)(CCl)NC(=O)c1cc(Cl)ccc1F. The molecule has 0 bridgehead atoms. The van der Waals surface area contributed by atoms with Gasteiger partial charge in [-0.1, -0.05) is 18.5 Å². The smallest absolute Gasteiger partial charge is 0.254 e. The average molecular weight is 278 g/mol. The summed E-state index contributed by atoms with van der Waals surface area (Å²) in [7, 11) is 0. The van der Waals surface area contributed by atoms with Crippen molar-refractivity contribution in [3.63, 3.8) is 0 Å². The Bertz CT molecular complexity index is 419. The molecule has 2 nitrogen and oxygen atoms in total. The monoisotopic (exact) mass is 277 g/mol. The van der Waals surface area contributed by atoms with Gasteiger partial charge < -0.3 is 5.32 Å². The summed E-state index contributed by atoms with van der Waals surface area (Å²) >= 11 is 11.5. The molecule has 1 aromatic rings. The number of carbonyl (C=O) groups excluding carboxylic acids is 1. The minimum absolute atomic E-state index is 0.0673. The van der Waals surface area contributed by atoms with E-state index in [1.54, 1.807) is 6.92 Å². The van der Waals surface area contributed by atoms with Gasteiger partial charge in [0.05, 0.1) is 11.1 Å². The van der Waals surface area contributed by atoms with Crippen LogP contribution in [0, 0.1) is 5.82 Å². The van der Waals surface area contributed by atoms with E-state index >= 15 is 0 Å². The zero-order chi connectivity index (χ0) is 13.1. The molecule has 1 N–H and O–H groups in total. The fourth-order valence-corrected chi connectivity index (χ4v) is 1.66. The molecule has 0 fully saturated rings. The maximum Gasteiger partial charge on any atom is 0.254 e. The number of carbonyl (C=O) groups is 1. The molecular formula is C12H14Cl2FNO. The number of alkyl halides is 1. The topological polar surface area (TPSA) is 29.1 Å². The van der Waals surface area contributed by atoms with Crippen molar-refractivity contribution in [2.24, 2.45) is 0 Å². The van der Waals surface area contributed by atoms with E-state index in [4.69, 9.17) is 23.2 Å². The molecule has 5 heteroatoms. The lowest BCUT2D eigenvalue weighted by atomic mass is 10.0. The molecule has 0 aromatic heterocycles. The average Bonchev–Trinajstić information content (AvgIpc) is 2.32. The van der Waals surface area contributed by atoms with Crippen LogP contribution in [0.3, 0.4) is 0 Å². The van der Waals surface area contributed by atoms with Crippen LogP contribution < -0.4 is 5.32 Å². The Morgan fingerprint density at radius 3 is 2.71 bits per heavy atom. The first-order chi connectivity index (χ1) is 7.91. The first kappa shape index (κ1) is 14.3. The zero-order valence-electron chi connectivity index (χ0n) is 9.69. The Balaban J connectivity index is 2.94. The van der Waals surface area contributed by atoms with Gasteiger partial charge in [-0.15, -0.1) is 11.6 Å². The van der Waals surface area contributed by atoms with Gasteiger partial charge in [0.1, 0.15) is 5.82 Å². The molecule has 1 atom stereocenters. The van der Waals surface area contributed by atoms with E-state index in [9.17, 15) is 9.18 Å². The fourth-order valence-electron chi connectivity index (χ4n) is 1.23. The van der Waals surface area contributed by atoms with Crippen molar-refractivity contribution in [3.8, 4) is 0 Å². The number of rotatable bonds is 4. The predicted octanol–water partition coefficient (Wildman–Crippen LogP) is 3.62. The first-order valence-corrected chi connectivity index (χ1v) is 6.16. The number of nitrogens with one attached hydrogen (secondary N) is 1. The molecule has 1 amide bonds. The minimum Gasteiger partial charge on any atom is -0.346 e. The second-order valence-corrected chi connectivity index (χ2v) is 4.83. The molecule has 0 saturated heterocycles. The van der Waals surface area contributed by atoms with E-state index in [0.29, 0.717) is 11.4 Å². The molecular weight excluding hydrogens is 264 g/mol. The second-order valence-electron chi connectivity index (χ2n) is 4.13. The number of hydrogen-bond donors (Lipinski definition) is 1. The van der Waals surface area contributed by atoms with Gasteiger partial charge in [-0.3, -0.25) is 4.79 Å². The van der Waals surface area contributed by atoms with E-state index in [-0.39, 0.29) is 11.4 Å². The predicted molar refractivity (Wildman–Crippen MR) is 68.3 cm³/mol. The van der Waals surface area contributed by atoms with Crippen molar-refractivity contribution >= 4 is 29.1 Å². The van der Waals surface area contributed by atoms with Crippen LogP contribution in [0.5, 0.6) is 0 Å². The maximum absolute atomic E-state index is 13.5. The van der Waals surface area contributed by atoms with Gasteiger partial charge in [-0.2, -0.15) is 0 Å². The van der Waals surface area contributed by atoms with Crippen LogP contribution in [0.4, 0.5) is 4.39 Å². The molecule has 1 rings (SSSR count). The standard InChI is InChI=1S/C12H14Cl2FNO/c1-3-12(2,7-13)16-11(17)9-6-8(14)4-5-10(9)15/h4-6H,3,7H2,1-2H3,(H,16,17). The van der Waals surface area contributed by atoms with Gasteiger partial charge in [0.2, 0.25) is 0 Å². The lowest BCUT2D eigenvalue weighted by molar-refractivity contribution is 0.0908. The molecule has 0 aliphatic carbocycles. The van der Waals surface area contributed by atoms with Crippen LogP contribution >= 0.6 is 23.2 Å². The molecule has 1 unspecified atom stereocenters. The van der Waals surface area contributed by atoms with Crippen molar-refractivity contribution in [2.45, 2.75) is 25.8 Å². The summed E-state index contributed by atoms with van der Waals surface area (Å²) in [5.41, 5.74) is -0.616. The molecule has 0 saturated carbocycles. The normalized spacial score (nSPS) is 14.2. The lowest BCUT2D eigenvalue weighted by Gasteiger charge is -2.27. The third-order valence-corrected chi connectivity index (χ3v) is 3.49. The molecule has 1 aromatic carbocycles. The summed E-state index contributed by atoms with van der Waals surface area (Å²) in [4.78, 5) is 11.9. The summed E-state index contributed by atoms with van der Waals surface area (Å²) < 4.78 is 13.5. The molecule has 0 heterocycles. The van der Waals surface area contributed by atoms with Crippen molar-refractivity contribution < 1.29 is 9.18 Å². The zero-order valence-corrected chi connectivity index (χ0v) is 11.2. The highest BCUT2D eigenvalue weighted by Crippen LogP contribution is 2.17. The van der Waals surface area contributed by atoms with Crippen molar-refractivity contribution in [3.05, 3.63) is 34.6 Å². The van der Waals surface area contributed by atoms with Crippen LogP contribution in [0.2, 0.25) is 5.02 Å². The highest BCUT2D eigenvalue weighted by atomic mass is 35.5. The van der Waals surface area contributed by atoms with Crippen LogP contribution in [-0.2, 0) is 0 Å². The Kier molecular flexibility index (Phi) is 4.78. The summed E-state index contributed by atoms with van der Waals surface area (Å²) in [5.74, 6) is -0.841. The molecule has 0 spiro atoms. The van der Waals surface area contributed by atoms with E-state index < -0.39 is 17.3 Å². The van der Waals surface area contributed by atoms with Gasteiger partial charge in [-0.05, 0) is 31.5 Å². The molecule has 0 aliphatic heterocycles. The molecule has 0 aliphatic rings. The lowest BCUT2D eigenvalue weighted by Crippen LogP contribution is -2.47. The van der Waals surface area contributed by atoms with E-state index in [1.807, 2.05) is 6.92 Å². The molecule has 94 valence electrons. The summed E-state index contributed by atoms with van der Waals surface area (Å²) in [6.45, 7) is 3.71. The van der Waals surface area contributed by atoms with Crippen molar-refractivity contribution in [1.82, 2.24) is 5.32 Å². The van der Waals surface area contributed by atoms with Crippen molar-refractivity contribution in [2.75, 3.05) is 5.88 Å². The Morgan fingerprint density at radius 2 is 2.18 bits per heavy atom. The highest BCUT2D eigenvalue weighted by Gasteiger charge is 2.25. The number of hydrogen-bond acceptors (Lipinski definition) is 1. The van der Waals surface area contributed by atoms with Crippen LogP contribution in [0.1, 0.15) is 30.6 Å². The molecule has 0 radical (unpaired) electrons. The number of halogens is 3. The quantitative estimate of drug-likeness (QED) is 0.837. The number of benzene rings is 1. The van der Waals surface area contributed by atoms with E-state index in [0.717, 1.165) is 0 Å². The maximum atomic E-state index is 13.5. The van der Waals surface area contributed by atoms with Gasteiger partial charge in [0, 0.05) is 10.9 Å². The third kappa shape index (κ3) is 3.58. The van der Waals surface area contributed by atoms with Crippen LogP contribution in [0.25, 0.3) is 0 Å². The Labute approximate surface area is 110 Å². The highest BCUT2D eigenvalue weighted by molar-refractivity contribution is 6.31. The van der Waals surface area contributed by atoms with E-state index in [2.05, 4.69) is 5.32 Å². The van der Waals surface area contributed by atoms with Crippen molar-refractivity contribution in [1.29, 1.82) is 0 Å². The summed E-state index contributed by atoms with van der Waals surface area (Å²) in [6, 6.07) is 3.87. The van der Waals surface area contributed by atoms with E-state index in [1.165, 1.54) is 18.2 Å². The Hall–Kier alpha value is -0.800. The van der Waals surface area contributed by atoms with Crippen LogP contribution in [-0.4, -0.2) is 17.3 Å². The fraction of sp³-hybridized carbons (Fsp3) is 0.417. The minimum atomic E-state index is -0.597. The van der Waals surface area contributed by atoms with Gasteiger partial charge in [0.25, 0.3) is 5.91 Å². The molecule has 17 heavy (non-hydrogen) atoms. The largest absolute Gasteiger partial charge is 0.346 e. The van der Waals surface area contributed by atoms with Gasteiger partial charge in [0.15, 0.2) is 0 Å². The summed E-state index contributed by atoms with van der Waals surface area (Å²) in [6.07, 6.45) is 0.657. The third-order valence-electron chi connectivity index (χ3n) is 2.66. The van der Waals surface area contributed by atoms with Gasteiger partial charge >= 0.3 is 0 Å². The first-order valence-electron chi connectivity index (χ1n) is 5.25. The summed E-state index contributed by atoms with van der Waals surface area (Å²) in [5, 5.41) is 3.03.